The van der Waals surface area contributed by atoms with E-state index in [1.165, 1.54) is 19.4 Å². The second-order valence-corrected chi connectivity index (χ2v) is 5.87. The molecule has 1 aliphatic heterocycles. The van der Waals surface area contributed by atoms with Gasteiger partial charge in [-0.3, -0.25) is 4.90 Å². The zero-order chi connectivity index (χ0) is 11.5. The lowest BCUT2D eigenvalue weighted by Gasteiger charge is -2.46. The van der Waals surface area contributed by atoms with Gasteiger partial charge in [-0.25, -0.2) is 0 Å². The molecule has 2 heteroatoms. The van der Waals surface area contributed by atoms with Crippen molar-refractivity contribution in [1.29, 1.82) is 5.26 Å². The van der Waals surface area contributed by atoms with Gasteiger partial charge in [-0.1, -0.05) is 13.8 Å². The van der Waals surface area contributed by atoms with Crippen molar-refractivity contribution in [3.63, 3.8) is 0 Å². The van der Waals surface area contributed by atoms with Crippen molar-refractivity contribution in [3.05, 3.63) is 0 Å². The molecule has 0 aromatic carbocycles. The van der Waals surface area contributed by atoms with E-state index in [9.17, 15) is 0 Å². The number of hydrogen-bond donors (Lipinski definition) is 0. The minimum Gasteiger partial charge on any atom is -0.298 e. The van der Waals surface area contributed by atoms with Gasteiger partial charge in [0.2, 0.25) is 0 Å². The van der Waals surface area contributed by atoms with Crippen molar-refractivity contribution in [2.45, 2.75) is 52.5 Å². The maximum Gasteiger partial charge on any atom is 0.0624 e. The number of nitrogens with zero attached hydrogens (tertiary/aromatic N) is 2. The normalized spacial score (nSPS) is 26.5. The van der Waals surface area contributed by atoms with Crippen molar-refractivity contribution >= 4 is 0 Å². The van der Waals surface area contributed by atoms with Crippen LogP contribution in [0.3, 0.4) is 0 Å². The molecule has 0 aliphatic carbocycles. The Morgan fingerprint density at radius 3 is 2.60 bits per heavy atom. The second-order valence-electron chi connectivity index (χ2n) is 5.87. The number of hydrogen-bond acceptors (Lipinski definition) is 2. The maximum atomic E-state index is 8.74. The van der Waals surface area contributed by atoms with Crippen LogP contribution in [-0.2, 0) is 0 Å². The van der Waals surface area contributed by atoms with E-state index in [0.29, 0.717) is 5.92 Å². The first-order valence-corrected chi connectivity index (χ1v) is 6.07. The van der Waals surface area contributed by atoms with Crippen LogP contribution in [0, 0.1) is 23.2 Å². The summed E-state index contributed by atoms with van der Waals surface area (Å²) in [5.41, 5.74) is 0.282. The summed E-state index contributed by atoms with van der Waals surface area (Å²) in [6.07, 6.45) is 3.11. The Hall–Kier alpha value is -0.550. The third-order valence-electron chi connectivity index (χ3n) is 3.42. The van der Waals surface area contributed by atoms with Crippen LogP contribution >= 0.6 is 0 Å². The minimum absolute atomic E-state index is 0.282. The molecule has 1 heterocycles. The minimum atomic E-state index is 0.282. The molecule has 15 heavy (non-hydrogen) atoms. The smallest absolute Gasteiger partial charge is 0.0624 e. The SMILES string of the molecule is CC(C)CN1CCC(CC#N)CC1(C)C. The van der Waals surface area contributed by atoms with E-state index < -0.39 is 0 Å². The maximum absolute atomic E-state index is 8.74. The zero-order valence-electron chi connectivity index (χ0n) is 10.6. The predicted molar refractivity (Wildman–Crippen MR) is 63.4 cm³/mol. The van der Waals surface area contributed by atoms with E-state index in [1.54, 1.807) is 0 Å². The first-order valence-electron chi connectivity index (χ1n) is 6.07. The second kappa shape index (κ2) is 4.99. The molecule has 1 atom stereocenters. The first kappa shape index (κ1) is 12.5. The molecule has 2 nitrogen and oxygen atoms in total. The van der Waals surface area contributed by atoms with E-state index in [0.717, 1.165) is 18.9 Å². The molecule has 86 valence electrons. The zero-order valence-corrected chi connectivity index (χ0v) is 10.6. The fourth-order valence-electron chi connectivity index (χ4n) is 2.66. The summed E-state index contributed by atoms with van der Waals surface area (Å²) in [6, 6.07) is 2.31. The quantitative estimate of drug-likeness (QED) is 0.713. The standard InChI is InChI=1S/C13H24N2/c1-11(2)10-15-8-6-12(5-7-14)9-13(15,3)4/h11-12H,5-6,8-10H2,1-4H3. The molecule has 0 bridgehead atoms. The number of rotatable bonds is 3. The molecular weight excluding hydrogens is 184 g/mol. The summed E-state index contributed by atoms with van der Waals surface area (Å²) in [4.78, 5) is 2.59. The Morgan fingerprint density at radius 1 is 1.47 bits per heavy atom. The van der Waals surface area contributed by atoms with Crippen molar-refractivity contribution in [2.24, 2.45) is 11.8 Å². The highest BCUT2D eigenvalue weighted by molar-refractivity contribution is 4.92. The predicted octanol–water partition coefficient (Wildman–Crippen LogP) is 3.05. The fraction of sp³-hybridized carbons (Fsp3) is 0.923. The van der Waals surface area contributed by atoms with Crippen LogP contribution in [-0.4, -0.2) is 23.5 Å². The van der Waals surface area contributed by atoms with Crippen LogP contribution in [0.25, 0.3) is 0 Å². The van der Waals surface area contributed by atoms with Crippen LogP contribution in [0.15, 0.2) is 0 Å². The van der Waals surface area contributed by atoms with Crippen LogP contribution in [0.1, 0.15) is 47.0 Å². The van der Waals surface area contributed by atoms with Crippen molar-refractivity contribution in [3.8, 4) is 6.07 Å². The van der Waals surface area contributed by atoms with Gasteiger partial charge in [0.05, 0.1) is 6.07 Å². The van der Waals surface area contributed by atoms with Crippen LogP contribution in [0.4, 0.5) is 0 Å². The Balaban J connectivity index is 2.55. The largest absolute Gasteiger partial charge is 0.298 e. The molecule has 1 unspecified atom stereocenters. The van der Waals surface area contributed by atoms with Crippen LogP contribution in [0.5, 0.6) is 0 Å². The lowest BCUT2D eigenvalue weighted by Crippen LogP contribution is -2.51. The van der Waals surface area contributed by atoms with E-state index in [2.05, 4.69) is 38.7 Å². The van der Waals surface area contributed by atoms with E-state index in [4.69, 9.17) is 5.26 Å². The first-order chi connectivity index (χ1) is 6.95. The van der Waals surface area contributed by atoms with Gasteiger partial charge in [-0.15, -0.1) is 0 Å². The molecule has 0 saturated carbocycles. The van der Waals surface area contributed by atoms with Gasteiger partial charge in [-0.2, -0.15) is 5.26 Å². The summed E-state index contributed by atoms with van der Waals surface area (Å²) in [6.45, 7) is 11.5. The molecule has 0 aromatic rings. The topological polar surface area (TPSA) is 27.0 Å². The van der Waals surface area contributed by atoms with Crippen molar-refractivity contribution in [1.82, 2.24) is 4.90 Å². The molecule has 1 rings (SSSR count). The third kappa shape index (κ3) is 3.50. The monoisotopic (exact) mass is 208 g/mol. The van der Waals surface area contributed by atoms with Gasteiger partial charge < -0.3 is 0 Å². The fourth-order valence-corrected chi connectivity index (χ4v) is 2.66. The van der Waals surface area contributed by atoms with Crippen LogP contribution < -0.4 is 0 Å². The number of nitriles is 1. The highest BCUT2D eigenvalue weighted by Crippen LogP contribution is 2.33. The van der Waals surface area contributed by atoms with E-state index in [-0.39, 0.29) is 5.54 Å². The Labute approximate surface area is 94.3 Å². The highest BCUT2D eigenvalue weighted by Gasteiger charge is 2.34. The summed E-state index contributed by atoms with van der Waals surface area (Å²) < 4.78 is 0. The number of piperidine rings is 1. The molecule has 0 spiro atoms. The average Bonchev–Trinajstić information content (AvgIpc) is 2.09. The lowest BCUT2D eigenvalue weighted by atomic mass is 9.81. The lowest BCUT2D eigenvalue weighted by molar-refractivity contribution is 0.0380. The van der Waals surface area contributed by atoms with Gasteiger partial charge in [0, 0.05) is 18.5 Å². The number of likely N-dealkylation sites (tertiary alicyclic amines) is 1. The molecule has 0 aromatic heterocycles. The molecule has 1 aliphatic rings. The molecule has 1 saturated heterocycles. The Morgan fingerprint density at radius 2 is 2.13 bits per heavy atom. The van der Waals surface area contributed by atoms with Gasteiger partial charge in [0.25, 0.3) is 0 Å². The Kier molecular flexibility index (Phi) is 4.16. The van der Waals surface area contributed by atoms with Crippen molar-refractivity contribution < 1.29 is 0 Å². The summed E-state index contributed by atoms with van der Waals surface area (Å²) in [7, 11) is 0. The highest BCUT2D eigenvalue weighted by atomic mass is 15.2. The molecule has 0 amide bonds. The molecule has 0 N–H and O–H groups in total. The van der Waals surface area contributed by atoms with Gasteiger partial charge >= 0.3 is 0 Å². The van der Waals surface area contributed by atoms with E-state index in [1.807, 2.05) is 0 Å². The summed E-state index contributed by atoms with van der Waals surface area (Å²) in [5, 5.41) is 8.74. The van der Waals surface area contributed by atoms with Gasteiger partial charge in [-0.05, 0) is 45.1 Å². The van der Waals surface area contributed by atoms with Crippen LogP contribution in [0.2, 0.25) is 0 Å². The molecule has 0 radical (unpaired) electrons. The van der Waals surface area contributed by atoms with E-state index >= 15 is 0 Å². The average molecular weight is 208 g/mol. The summed E-state index contributed by atoms with van der Waals surface area (Å²) >= 11 is 0. The Bertz CT molecular complexity index is 237. The molecule has 1 fully saturated rings. The summed E-state index contributed by atoms with van der Waals surface area (Å²) in [5.74, 6) is 1.35. The third-order valence-corrected chi connectivity index (χ3v) is 3.42. The van der Waals surface area contributed by atoms with Gasteiger partial charge in [0.15, 0.2) is 0 Å². The van der Waals surface area contributed by atoms with Crippen molar-refractivity contribution in [2.75, 3.05) is 13.1 Å². The molecular formula is C13H24N2. The van der Waals surface area contributed by atoms with Gasteiger partial charge in [0.1, 0.15) is 0 Å².